The minimum atomic E-state index is -0.609. The third-order valence-electron chi connectivity index (χ3n) is 4.99. The van der Waals surface area contributed by atoms with Crippen molar-refractivity contribution in [2.75, 3.05) is 0 Å². The van der Waals surface area contributed by atoms with Gasteiger partial charge in [-0.25, -0.2) is 23.1 Å². The average Bonchev–Trinajstić information content (AvgIpc) is 3.29. The summed E-state index contributed by atoms with van der Waals surface area (Å²) in [4.78, 5) is 32.4. The fourth-order valence-electron chi connectivity index (χ4n) is 3.64. The second-order valence-corrected chi connectivity index (χ2v) is 6.82. The number of aromatic amines is 2. The number of nitrogens with one attached hydrogen (secondary N) is 2. The molecule has 0 bridgehead atoms. The molecule has 2 N–H and O–H groups in total. The molecule has 1 aliphatic rings. The highest BCUT2D eigenvalue weighted by molar-refractivity contribution is 5.63. The molecule has 0 spiro atoms. The third-order valence-corrected chi connectivity index (χ3v) is 4.99. The molecular formula is C19H13F2N5O2. The third kappa shape index (κ3) is 2.72. The van der Waals surface area contributed by atoms with E-state index in [0.717, 1.165) is 11.6 Å². The van der Waals surface area contributed by atoms with E-state index in [2.05, 4.69) is 20.1 Å². The highest BCUT2D eigenvalue weighted by atomic mass is 19.1. The molecule has 0 saturated heterocycles. The van der Waals surface area contributed by atoms with Gasteiger partial charge in [0.1, 0.15) is 11.6 Å². The Balaban J connectivity index is 1.61. The van der Waals surface area contributed by atoms with E-state index in [4.69, 9.17) is 0 Å². The van der Waals surface area contributed by atoms with Crippen molar-refractivity contribution in [3.8, 4) is 11.3 Å². The van der Waals surface area contributed by atoms with Gasteiger partial charge in [0.15, 0.2) is 5.65 Å². The molecule has 0 amide bonds. The predicted octanol–water partition coefficient (Wildman–Crippen LogP) is 2.32. The van der Waals surface area contributed by atoms with Gasteiger partial charge in [-0.05, 0) is 42.0 Å². The van der Waals surface area contributed by atoms with Crippen LogP contribution in [0.5, 0.6) is 0 Å². The lowest BCUT2D eigenvalue weighted by Crippen LogP contribution is -2.23. The van der Waals surface area contributed by atoms with E-state index >= 15 is 0 Å². The number of fused-ring (bicyclic) bond motifs is 1. The first-order chi connectivity index (χ1) is 13.5. The van der Waals surface area contributed by atoms with Crippen LogP contribution in [-0.4, -0.2) is 24.6 Å². The van der Waals surface area contributed by atoms with E-state index < -0.39 is 22.9 Å². The Morgan fingerprint density at radius 3 is 2.61 bits per heavy atom. The Hall–Kier alpha value is -3.62. The van der Waals surface area contributed by atoms with Crippen LogP contribution in [0.2, 0.25) is 0 Å². The maximum atomic E-state index is 13.6. The molecule has 3 heterocycles. The summed E-state index contributed by atoms with van der Waals surface area (Å²) in [7, 11) is 0. The molecule has 9 heteroatoms. The van der Waals surface area contributed by atoms with E-state index in [-0.39, 0.29) is 17.4 Å². The molecule has 5 rings (SSSR count). The van der Waals surface area contributed by atoms with Crippen molar-refractivity contribution in [3.63, 3.8) is 0 Å². The number of halogens is 2. The van der Waals surface area contributed by atoms with E-state index in [9.17, 15) is 18.4 Å². The second-order valence-electron chi connectivity index (χ2n) is 6.82. The molecular weight excluding hydrogens is 368 g/mol. The average molecular weight is 381 g/mol. The van der Waals surface area contributed by atoms with Crippen LogP contribution in [0.15, 0.2) is 52.4 Å². The maximum Gasteiger partial charge on any atom is 0.325 e. The standard InChI is InChI=1S/C19H13F2N5O2/c20-10-3-9(4-11(21)5-10)12-6-13(12)14-7-16(25-26-2-1-22-17(14)26)15-8-23-19(28)24-18(15)27/h1-5,7-8,12-13H,6H2,(H2,23,24,27,28)/t12-,13+/m0/s1. The number of hydrogen-bond donors (Lipinski definition) is 2. The molecule has 1 saturated carbocycles. The lowest BCUT2D eigenvalue weighted by molar-refractivity contribution is 0.579. The van der Waals surface area contributed by atoms with E-state index in [1.165, 1.54) is 18.3 Å². The summed E-state index contributed by atoms with van der Waals surface area (Å²) in [5, 5.41) is 4.38. The van der Waals surface area contributed by atoms with E-state index in [0.29, 0.717) is 23.3 Å². The Morgan fingerprint density at radius 2 is 1.86 bits per heavy atom. The zero-order chi connectivity index (χ0) is 19.4. The van der Waals surface area contributed by atoms with E-state index in [1.54, 1.807) is 23.0 Å². The Kier molecular flexibility index (Phi) is 3.51. The van der Waals surface area contributed by atoms with Crippen LogP contribution in [0.3, 0.4) is 0 Å². The fourth-order valence-corrected chi connectivity index (χ4v) is 3.64. The smallest absolute Gasteiger partial charge is 0.313 e. The summed E-state index contributed by atoms with van der Waals surface area (Å²) in [6.45, 7) is 0. The van der Waals surface area contributed by atoms with Crippen molar-refractivity contribution < 1.29 is 8.78 Å². The van der Waals surface area contributed by atoms with Gasteiger partial charge < -0.3 is 4.98 Å². The largest absolute Gasteiger partial charge is 0.325 e. The molecule has 0 radical (unpaired) electrons. The molecule has 1 aromatic carbocycles. The van der Waals surface area contributed by atoms with Gasteiger partial charge in [0.25, 0.3) is 5.56 Å². The summed E-state index contributed by atoms with van der Waals surface area (Å²) < 4.78 is 28.7. The van der Waals surface area contributed by atoms with Gasteiger partial charge in [0, 0.05) is 30.2 Å². The van der Waals surface area contributed by atoms with Crippen molar-refractivity contribution in [3.05, 3.63) is 86.5 Å². The van der Waals surface area contributed by atoms with Crippen LogP contribution in [0, 0.1) is 11.6 Å². The number of aromatic nitrogens is 5. The highest BCUT2D eigenvalue weighted by Crippen LogP contribution is 2.55. The lowest BCUT2D eigenvalue weighted by atomic mass is 10.0. The zero-order valence-corrected chi connectivity index (χ0v) is 14.3. The van der Waals surface area contributed by atoms with Gasteiger partial charge >= 0.3 is 5.69 Å². The summed E-state index contributed by atoms with van der Waals surface area (Å²) >= 11 is 0. The topological polar surface area (TPSA) is 95.9 Å². The molecule has 0 aliphatic heterocycles. The Morgan fingerprint density at radius 1 is 1.07 bits per heavy atom. The molecule has 7 nitrogen and oxygen atoms in total. The van der Waals surface area contributed by atoms with Gasteiger partial charge in [-0.1, -0.05) is 0 Å². The van der Waals surface area contributed by atoms with Gasteiger partial charge in [0.2, 0.25) is 0 Å². The molecule has 140 valence electrons. The first-order valence-corrected chi connectivity index (χ1v) is 8.62. The van der Waals surface area contributed by atoms with E-state index in [1.807, 2.05) is 0 Å². The molecule has 1 aliphatic carbocycles. The lowest BCUT2D eigenvalue weighted by Gasteiger charge is -2.07. The molecule has 0 unspecified atom stereocenters. The maximum absolute atomic E-state index is 13.6. The predicted molar refractivity (Wildman–Crippen MR) is 96.1 cm³/mol. The molecule has 28 heavy (non-hydrogen) atoms. The van der Waals surface area contributed by atoms with Crippen LogP contribution in [0.1, 0.15) is 29.4 Å². The van der Waals surface area contributed by atoms with Crippen molar-refractivity contribution in [2.45, 2.75) is 18.3 Å². The summed E-state index contributed by atoms with van der Waals surface area (Å²) in [6.07, 6.45) is 5.26. The quantitative estimate of drug-likeness (QED) is 0.569. The molecule has 2 atom stereocenters. The first-order valence-electron chi connectivity index (χ1n) is 8.62. The van der Waals surface area contributed by atoms with Gasteiger partial charge in [-0.3, -0.25) is 9.78 Å². The van der Waals surface area contributed by atoms with Crippen molar-refractivity contribution >= 4 is 5.65 Å². The van der Waals surface area contributed by atoms with Crippen molar-refractivity contribution in [1.82, 2.24) is 24.6 Å². The first kappa shape index (κ1) is 16.5. The number of H-pyrrole nitrogens is 2. The fraction of sp³-hybridized carbons (Fsp3) is 0.158. The SMILES string of the molecule is O=c1[nH]cc(-c2cc([C@@H]3C[C@H]3c3cc(F)cc(F)c3)c3nccn3n2)c(=O)[nH]1. The summed E-state index contributed by atoms with van der Waals surface area (Å²) in [6, 6.07) is 5.27. The molecule has 3 aromatic heterocycles. The number of rotatable bonds is 3. The van der Waals surface area contributed by atoms with Crippen LogP contribution in [0.4, 0.5) is 8.78 Å². The van der Waals surface area contributed by atoms with Gasteiger partial charge in [-0.15, -0.1) is 0 Å². The normalized spacial score (nSPS) is 18.5. The van der Waals surface area contributed by atoms with Crippen LogP contribution in [0.25, 0.3) is 16.9 Å². The number of hydrogen-bond acceptors (Lipinski definition) is 4. The van der Waals surface area contributed by atoms with Crippen LogP contribution >= 0.6 is 0 Å². The van der Waals surface area contributed by atoms with Crippen molar-refractivity contribution in [1.29, 1.82) is 0 Å². The minimum absolute atomic E-state index is 0.00491. The van der Waals surface area contributed by atoms with Crippen molar-refractivity contribution in [2.24, 2.45) is 0 Å². The Bertz CT molecular complexity index is 1320. The van der Waals surface area contributed by atoms with Crippen LogP contribution in [-0.2, 0) is 0 Å². The molecule has 1 fully saturated rings. The minimum Gasteiger partial charge on any atom is -0.313 e. The van der Waals surface area contributed by atoms with Crippen LogP contribution < -0.4 is 11.2 Å². The summed E-state index contributed by atoms with van der Waals surface area (Å²) in [5.41, 5.74) is 1.46. The monoisotopic (exact) mass is 381 g/mol. The summed E-state index contributed by atoms with van der Waals surface area (Å²) in [5.74, 6) is -1.27. The highest BCUT2D eigenvalue weighted by Gasteiger charge is 2.41. The number of benzene rings is 1. The van der Waals surface area contributed by atoms with Gasteiger partial charge in [0.05, 0.1) is 11.3 Å². The number of imidazole rings is 1. The second kappa shape index (κ2) is 5.95. The Labute approximate surface area is 155 Å². The van der Waals surface area contributed by atoms with Gasteiger partial charge in [-0.2, -0.15) is 5.10 Å². The molecule has 4 aromatic rings. The zero-order valence-electron chi connectivity index (χ0n) is 14.3. The number of nitrogens with zero attached hydrogens (tertiary/aromatic N) is 3.